The maximum absolute atomic E-state index is 13.4. The number of hydrogen-bond acceptors (Lipinski definition) is 1. The summed E-state index contributed by atoms with van der Waals surface area (Å²) in [5.74, 6) is -0.300. The molecule has 0 spiro atoms. The summed E-state index contributed by atoms with van der Waals surface area (Å²) < 4.78 is 15.7. The van der Waals surface area contributed by atoms with E-state index in [4.69, 9.17) is 23.2 Å². The van der Waals surface area contributed by atoms with Crippen molar-refractivity contribution in [2.45, 2.75) is 6.54 Å². The van der Waals surface area contributed by atoms with E-state index in [-0.39, 0.29) is 5.82 Å². The van der Waals surface area contributed by atoms with E-state index in [1.807, 2.05) is 22.6 Å². The van der Waals surface area contributed by atoms with Gasteiger partial charge in [-0.25, -0.2) is 4.39 Å². The Morgan fingerprint density at radius 1 is 1.38 bits per heavy atom. The fourth-order valence-electron chi connectivity index (χ4n) is 1.29. The zero-order chi connectivity index (χ0) is 11.7. The molecule has 0 aliphatic heterocycles. The van der Waals surface area contributed by atoms with Crippen LogP contribution in [-0.4, -0.2) is 9.78 Å². The molecule has 2 nitrogen and oxygen atoms in total. The summed E-state index contributed by atoms with van der Waals surface area (Å²) in [7, 11) is 0. The van der Waals surface area contributed by atoms with E-state index in [0.29, 0.717) is 25.9 Å². The first-order valence-corrected chi connectivity index (χ1v) is 6.22. The van der Waals surface area contributed by atoms with Crippen LogP contribution in [0.2, 0.25) is 10.0 Å². The lowest BCUT2D eigenvalue weighted by Crippen LogP contribution is -2.02. The van der Waals surface area contributed by atoms with E-state index in [9.17, 15) is 4.39 Å². The van der Waals surface area contributed by atoms with Crippen molar-refractivity contribution in [2.24, 2.45) is 0 Å². The summed E-state index contributed by atoms with van der Waals surface area (Å²) in [4.78, 5) is 0. The van der Waals surface area contributed by atoms with Crippen LogP contribution in [0.1, 0.15) is 5.56 Å². The van der Waals surface area contributed by atoms with Crippen LogP contribution in [0.15, 0.2) is 24.4 Å². The van der Waals surface area contributed by atoms with Gasteiger partial charge in [0, 0.05) is 16.8 Å². The van der Waals surface area contributed by atoms with Gasteiger partial charge in [-0.05, 0) is 40.8 Å². The largest absolute Gasteiger partial charge is 0.266 e. The Morgan fingerprint density at radius 2 is 2.12 bits per heavy atom. The van der Waals surface area contributed by atoms with Gasteiger partial charge in [0.25, 0.3) is 0 Å². The molecule has 0 aliphatic carbocycles. The first-order valence-electron chi connectivity index (χ1n) is 4.38. The summed E-state index contributed by atoms with van der Waals surface area (Å²) in [6, 6.07) is 4.44. The van der Waals surface area contributed by atoms with Gasteiger partial charge in [0.05, 0.1) is 11.6 Å². The zero-order valence-corrected chi connectivity index (χ0v) is 11.6. The molecular weight excluding hydrogens is 365 g/mol. The predicted octanol–water partition coefficient (Wildman–Crippen LogP) is 3.98. The quantitative estimate of drug-likeness (QED) is 0.731. The van der Waals surface area contributed by atoms with Gasteiger partial charge in [0.15, 0.2) is 0 Å². The average molecular weight is 371 g/mol. The molecule has 6 heteroatoms. The number of benzene rings is 1. The molecule has 0 fully saturated rings. The Balaban J connectivity index is 2.29. The summed E-state index contributed by atoms with van der Waals surface area (Å²) in [5, 5.41) is 5.20. The van der Waals surface area contributed by atoms with E-state index >= 15 is 0 Å². The van der Waals surface area contributed by atoms with Crippen LogP contribution in [0, 0.1) is 9.52 Å². The molecule has 0 radical (unpaired) electrons. The number of rotatable bonds is 2. The Labute approximate surface area is 115 Å². The van der Waals surface area contributed by atoms with Crippen molar-refractivity contribution < 1.29 is 4.39 Å². The lowest BCUT2D eigenvalue weighted by atomic mass is 10.2. The summed E-state index contributed by atoms with van der Waals surface area (Å²) >= 11 is 13.7. The molecule has 0 saturated carbocycles. The number of halogens is 4. The molecule has 84 valence electrons. The maximum atomic E-state index is 13.4. The minimum absolute atomic E-state index is 0.300. The van der Waals surface area contributed by atoms with Gasteiger partial charge >= 0.3 is 0 Å². The van der Waals surface area contributed by atoms with Crippen molar-refractivity contribution >= 4 is 45.8 Å². The Hall–Kier alpha value is -0.330. The maximum Gasteiger partial charge on any atom is 0.141 e. The number of aromatic nitrogens is 2. The third-order valence-electron chi connectivity index (χ3n) is 2.02. The van der Waals surface area contributed by atoms with Gasteiger partial charge in [-0.2, -0.15) is 5.10 Å². The van der Waals surface area contributed by atoms with Gasteiger partial charge in [-0.1, -0.05) is 23.2 Å². The smallest absolute Gasteiger partial charge is 0.141 e. The molecule has 0 bridgehead atoms. The molecule has 1 aromatic heterocycles. The Morgan fingerprint density at radius 3 is 2.75 bits per heavy atom. The zero-order valence-electron chi connectivity index (χ0n) is 7.92. The van der Waals surface area contributed by atoms with Crippen molar-refractivity contribution in [3.05, 3.63) is 49.5 Å². The lowest BCUT2D eigenvalue weighted by Gasteiger charge is -2.03. The molecule has 0 saturated heterocycles. The van der Waals surface area contributed by atoms with Crippen LogP contribution in [0.4, 0.5) is 4.39 Å². The summed E-state index contributed by atoms with van der Waals surface area (Å²) in [6.45, 7) is 0.315. The number of nitrogens with zero attached hydrogens (tertiary/aromatic N) is 2. The van der Waals surface area contributed by atoms with Gasteiger partial charge in [0.2, 0.25) is 0 Å². The topological polar surface area (TPSA) is 17.8 Å². The van der Waals surface area contributed by atoms with E-state index in [0.717, 1.165) is 0 Å². The SMILES string of the molecule is Fc1ccc(Cl)cc1Cn1cc(Cl)c(I)n1. The second kappa shape index (κ2) is 4.89. The molecule has 0 aliphatic rings. The fraction of sp³-hybridized carbons (Fsp3) is 0.100. The first-order chi connectivity index (χ1) is 7.56. The van der Waals surface area contributed by atoms with Gasteiger partial charge in [0.1, 0.15) is 9.52 Å². The van der Waals surface area contributed by atoms with Crippen molar-refractivity contribution in [3.8, 4) is 0 Å². The number of hydrogen-bond donors (Lipinski definition) is 0. The highest BCUT2D eigenvalue weighted by Crippen LogP contribution is 2.19. The van der Waals surface area contributed by atoms with Crippen LogP contribution in [-0.2, 0) is 6.54 Å². The first kappa shape index (κ1) is 12.1. The Bertz CT molecular complexity index is 508. The molecule has 2 aromatic rings. The molecule has 16 heavy (non-hydrogen) atoms. The Kier molecular flexibility index (Phi) is 3.71. The average Bonchev–Trinajstić information content (AvgIpc) is 2.52. The highest BCUT2D eigenvalue weighted by Gasteiger charge is 2.07. The standard InChI is InChI=1S/C10H6Cl2FIN2/c11-7-1-2-9(13)6(3-7)4-16-5-8(12)10(14)15-16/h1-3,5H,4H2. The van der Waals surface area contributed by atoms with E-state index in [1.165, 1.54) is 12.1 Å². The van der Waals surface area contributed by atoms with Crippen LogP contribution < -0.4 is 0 Å². The van der Waals surface area contributed by atoms with Crippen molar-refractivity contribution in [1.29, 1.82) is 0 Å². The highest BCUT2D eigenvalue weighted by atomic mass is 127. The molecule has 0 amide bonds. The molecule has 2 rings (SSSR count). The van der Waals surface area contributed by atoms with E-state index < -0.39 is 0 Å². The van der Waals surface area contributed by atoms with Crippen LogP contribution in [0.5, 0.6) is 0 Å². The minimum Gasteiger partial charge on any atom is -0.266 e. The van der Waals surface area contributed by atoms with E-state index in [1.54, 1.807) is 16.9 Å². The van der Waals surface area contributed by atoms with Crippen molar-refractivity contribution in [1.82, 2.24) is 9.78 Å². The second-order valence-electron chi connectivity index (χ2n) is 3.20. The monoisotopic (exact) mass is 370 g/mol. The molecule has 1 heterocycles. The molecule has 0 N–H and O–H groups in total. The van der Waals surface area contributed by atoms with Gasteiger partial charge in [-0.3, -0.25) is 4.68 Å². The van der Waals surface area contributed by atoms with Crippen LogP contribution in [0.3, 0.4) is 0 Å². The minimum atomic E-state index is -0.300. The summed E-state index contributed by atoms with van der Waals surface area (Å²) in [6.07, 6.45) is 1.66. The molecule has 0 atom stereocenters. The second-order valence-corrected chi connectivity index (χ2v) is 5.07. The fourth-order valence-corrected chi connectivity index (χ4v) is 2.06. The normalized spacial score (nSPS) is 10.8. The highest BCUT2D eigenvalue weighted by molar-refractivity contribution is 14.1. The third kappa shape index (κ3) is 2.67. The van der Waals surface area contributed by atoms with Gasteiger partial charge < -0.3 is 0 Å². The predicted molar refractivity (Wildman–Crippen MR) is 70.5 cm³/mol. The van der Waals surface area contributed by atoms with Crippen LogP contribution in [0.25, 0.3) is 0 Å². The molecular formula is C10H6Cl2FIN2. The molecule has 1 aromatic carbocycles. The van der Waals surface area contributed by atoms with Crippen molar-refractivity contribution in [3.63, 3.8) is 0 Å². The van der Waals surface area contributed by atoms with Gasteiger partial charge in [-0.15, -0.1) is 0 Å². The van der Waals surface area contributed by atoms with Crippen LogP contribution >= 0.6 is 45.8 Å². The molecule has 0 unspecified atom stereocenters. The lowest BCUT2D eigenvalue weighted by molar-refractivity contribution is 0.584. The third-order valence-corrected chi connectivity index (χ3v) is 3.64. The summed E-state index contributed by atoms with van der Waals surface area (Å²) in [5.41, 5.74) is 0.489. The van der Waals surface area contributed by atoms with Crippen molar-refractivity contribution in [2.75, 3.05) is 0 Å². The van der Waals surface area contributed by atoms with E-state index in [2.05, 4.69) is 5.10 Å².